The second-order valence-electron chi connectivity index (χ2n) is 5.78. The van der Waals surface area contributed by atoms with Crippen LogP contribution in [-0.4, -0.2) is 34.3 Å². The number of rotatable bonds is 2. The van der Waals surface area contributed by atoms with Crippen molar-refractivity contribution in [3.63, 3.8) is 0 Å². The van der Waals surface area contributed by atoms with Crippen LogP contribution in [0, 0.1) is 6.92 Å². The Kier molecular flexibility index (Phi) is 4.44. The molecule has 8 heteroatoms. The van der Waals surface area contributed by atoms with Crippen molar-refractivity contribution in [3.8, 4) is 0 Å². The lowest BCUT2D eigenvalue weighted by molar-refractivity contribution is -0.156. The highest BCUT2D eigenvalue weighted by Crippen LogP contribution is 2.43. The number of hydrogen-bond donors (Lipinski definition) is 0. The summed E-state index contributed by atoms with van der Waals surface area (Å²) in [5, 5.41) is 3.29. The summed E-state index contributed by atoms with van der Waals surface area (Å²) in [6, 6.07) is 0. The van der Waals surface area contributed by atoms with Gasteiger partial charge in [0, 0.05) is 23.6 Å². The average molecular weight is 346 g/mol. The summed E-state index contributed by atoms with van der Waals surface area (Å²) in [7, 11) is 0. The quantitative estimate of drug-likeness (QED) is 0.816. The molecule has 1 aromatic heterocycles. The minimum absolute atomic E-state index is 0.0256. The molecule has 0 aromatic carbocycles. The topological polar surface area (TPSA) is 46.3 Å². The Bertz CT molecular complexity index is 633. The fraction of sp³-hybridized carbons (Fsp3) is 0.600. The first-order chi connectivity index (χ1) is 10.9. The van der Waals surface area contributed by atoms with Gasteiger partial charge in [-0.05, 0) is 32.6 Å². The normalized spacial score (nSPS) is 22.3. The number of piperidine rings is 1. The molecule has 1 aromatic rings. The van der Waals surface area contributed by atoms with Crippen LogP contribution in [0.15, 0.2) is 10.6 Å². The lowest BCUT2D eigenvalue weighted by Gasteiger charge is -2.28. The standard InChI is InChI=1S/C15H17F3N2O2S/c1-9-12(19-22-13(9)15(16,17)18)10-5-6-11(23-10)14(21)20-7-3-2-4-8-20/h5,11H,2-4,6-8H2,1H3. The van der Waals surface area contributed by atoms with Crippen LogP contribution >= 0.6 is 11.8 Å². The van der Waals surface area contributed by atoms with Crippen molar-refractivity contribution >= 4 is 22.6 Å². The maximum absolute atomic E-state index is 12.8. The predicted molar refractivity (Wildman–Crippen MR) is 80.6 cm³/mol. The molecule has 1 amide bonds. The van der Waals surface area contributed by atoms with Gasteiger partial charge in [-0.15, -0.1) is 11.8 Å². The first-order valence-electron chi connectivity index (χ1n) is 7.57. The van der Waals surface area contributed by atoms with Gasteiger partial charge in [0.1, 0.15) is 5.69 Å². The monoisotopic (exact) mass is 346 g/mol. The third-order valence-electron chi connectivity index (χ3n) is 4.14. The molecular weight excluding hydrogens is 329 g/mol. The molecule has 1 fully saturated rings. The zero-order chi connectivity index (χ0) is 16.6. The maximum Gasteiger partial charge on any atom is 0.452 e. The number of nitrogens with zero attached hydrogens (tertiary/aromatic N) is 2. The van der Waals surface area contributed by atoms with Crippen molar-refractivity contribution < 1.29 is 22.5 Å². The molecule has 0 spiro atoms. The van der Waals surface area contributed by atoms with Gasteiger partial charge < -0.3 is 9.42 Å². The second-order valence-corrected chi connectivity index (χ2v) is 7.02. The largest absolute Gasteiger partial charge is 0.452 e. The fourth-order valence-corrected chi connectivity index (χ4v) is 4.16. The highest BCUT2D eigenvalue weighted by atomic mass is 32.2. The van der Waals surface area contributed by atoms with Crippen molar-refractivity contribution in [1.29, 1.82) is 0 Å². The number of amides is 1. The first-order valence-corrected chi connectivity index (χ1v) is 8.45. The summed E-state index contributed by atoms with van der Waals surface area (Å²) in [5.41, 5.74) is 0.165. The van der Waals surface area contributed by atoms with Gasteiger partial charge >= 0.3 is 6.18 Å². The molecule has 3 heterocycles. The van der Waals surface area contributed by atoms with Gasteiger partial charge in [-0.3, -0.25) is 4.79 Å². The zero-order valence-electron chi connectivity index (χ0n) is 12.7. The lowest BCUT2D eigenvalue weighted by atomic mass is 10.1. The molecule has 1 atom stereocenters. The third-order valence-corrected chi connectivity index (χ3v) is 5.44. The number of thioether (sulfide) groups is 1. The van der Waals surface area contributed by atoms with Crippen molar-refractivity contribution in [2.24, 2.45) is 0 Å². The Hall–Kier alpha value is -1.44. The van der Waals surface area contributed by atoms with E-state index in [0.717, 1.165) is 32.4 Å². The van der Waals surface area contributed by atoms with Crippen LogP contribution < -0.4 is 0 Å². The summed E-state index contributed by atoms with van der Waals surface area (Å²) in [6.07, 6.45) is 0.915. The van der Waals surface area contributed by atoms with Crippen LogP contribution in [0.2, 0.25) is 0 Å². The van der Waals surface area contributed by atoms with Crippen molar-refractivity contribution in [2.45, 2.75) is 44.0 Å². The Morgan fingerprint density at radius 1 is 1.35 bits per heavy atom. The van der Waals surface area contributed by atoms with Gasteiger partial charge in [-0.2, -0.15) is 13.2 Å². The highest BCUT2D eigenvalue weighted by Gasteiger charge is 2.40. The van der Waals surface area contributed by atoms with Gasteiger partial charge in [0.05, 0.1) is 5.25 Å². The van der Waals surface area contributed by atoms with E-state index in [9.17, 15) is 18.0 Å². The summed E-state index contributed by atoms with van der Waals surface area (Å²) in [5.74, 6) is -1.00. The molecular formula is C15H17F3N2O2S. The number of alkyl halides is 3. The summed E-state index contributed by atoms with van der Waals surface area (Å²) in [4.78, 5) is 14.9. The van der Waals surface area contributed by atoms with Gasteiger partial charge in [-0.25, -0.2) is 0 Å². The van der Waals surface area contributed by atoms with Crippen molar-refractivity contribution in [1.82, 2.24) is 10.1 Å². The van der Waals surface area contributed by atoms with E-state index in [1.54, 1.807) is 6.08 Å². The minimum atomic E-state index is -4.55. The molecule has 0 bridgehead atoms. The molecule has 4 nitrogen and oxygen atoms in total. The van der Waals surface area contributed by atoms with Gasteiger partial charge in [0.15, 0.2) is 0 Å². The van der Waals surface area contributed by atoms with E-state index in [1.165, 1.54) is 18.7 Å². The smallest absolute Gasteiger partial charge is 0.351 e. The Labute approximate surface area is 136 Å². The number of carbonyl (C=O) groups is 1. The summed E-state index contributed by atoms with van der Waals surface area (Å²) in [6.45, 7) is 2.88. The number of carbonyl (C=O) groups excluding carboxylic acids is 1. The van der Waals surface area contributed by atoms with Crippen LogP contribution in [0.1, 0.15) is 42.7 Å². The van der Waals surface area contributed by atoms with Crippen LogP contribution in [0.3, 0.4) is 0 Å². The molecule has 3 rings (SSSR count). The van der Waals surface area contributed by atoms with Crippen molar-refractivity contribution in [2.75, 3.05) is 13.1 Å². The van der Waals surface area contributed by atoms with Crippen LogP contribution in [0.4, 0.5) is 13.2 Å². The zero-order valence-corrected chi connectivity index (χ0v) is 13.5. The number of hydrogen-bond acceptors (Lipinski definition) is 4. The maximum atomic E-state index is 12.8. The Morgan fingerprint density at radius 2 is 2.04 bits per heavy atom. The predicted octanol–water partition coefficient (Wildman–Crippen LogP) is 3.86. The van der Waals surface area contributed by atoms with E-state index < -0.39 is 11.9 Å². The van der Waals surface area contributed by atoms with Crippen molar-refractivity contribution in [3.05, 3.63) is 23.1 Å². The van der Waals surface area contributed by atoms with E-state index in [4.69, 9.17) is 0 Å². The molecule has 0 aliphatic carbocycles. The number of aromatic nitrogens is 1. The average Bonchev–Trinajstić information content (AvgIpc) is 3.13. The Balaban J connectivity index is 1.70. The molecule has 0 saturated carbocycles. The molecule has 2 aliphatic rings. The van der Waals surface area contributed by atoms with Gasteiger partial charge in [-0.1, -0.05) is 11.2 Å². The van der Waals surface area contributed by atoms with E-state index in [2.05, 4.69) is 9.68 Å². The van der Waals surface area contributed by atoms with Gasteiger partial charge in [0.2, 0.25) is 11.7 Å². The molecule has 1 saturated heterocycles. The number of likely N-dealkylation sites (tertiary alicyclic amines) is 1. The molecule has 23 heavy (non-hydrogen) atoms. The SMILES string of the molecule is Cc1c(C2=CCC(C(=O)N3CCCCC3)S2)noc1C(F)(F)F. The van der Waals surface area contributed by atoms with Crippen LogP contribution in [0.25, 0.3) is 4.91 Å². The molecule has 126 valence electrons. The second kappa shape index (κ2) is 6.22. The lowest BCUT2D eigenvalue weighted by Crippen LogP contribution is -2.40. The first kappa shape index (κ1) is 16.4. The number of allylic oxidation sites excluding steroid dienone is 1. The van der Waals surface area contributed by atoms with E-state index in [0.29, 0.717) is 11.3 Å². The molecule has 0 radical (unpaired) electrons. The third kappa shape index (κ3) is 3.27. The molecule has 0 N–H and O–H groups in total. The van der Waals surface area contributed by atoms with Crippen LogP contribution in [0.5, 0.6) is 0 Å². The highest BCUT2D eigenvalue weighted by molar-refractivity contribution is 8.09. The van der Waals surface area contributed by atoms with Gasteiger partial charge in [0.25, 0.3) is 0 Å². The van der Waals surface area contributed by atoms with E-state index in [-0.39, 0.29) is 22.4 Å². The minimum Gasteiger partial charge on any atom is -0.351 e. The van der Waals surface area contributed by atoms with E-state index in [1.807, 2.05) is 4.90 Å². The van der Waals surface area contributed by atoms with E-state index >= 15 is 0 Å². The molecule has 1 unspecified atom stereocenters. The summed E-state index contributed by atoms with van der Waals surface area (Å²) < 4.78 is 42.8. The van der Waals surface area contributed by atoms with Crippen LogP contribution in [-0.2, 0) is 11.0 Å². The fourth-order valence-electron chi connectivity index (χ4n) is 2.92. The molecule has 2 aliphatic heterocycles. The number of halogens is 3. The summed E-state index contributed by atoms with van der Waals surface area (Å²) >= 11 is 1.28. The Morgan fingerprint density at radius 3 is 2.65 bits per heavy atom.